The minimum atomic E-state index is -0.113. The summed E-state index contributed by atoms with van der Waals surface area (Å²) < 4.78 is 7.39. The Hall–Kier alpha value is -2.67. The molecule has 1 amide bonds. The van der Waals surface area contributed by atoms with Crippen LogP contribution in [0.5, 0.6) is 0 Å². The van der Waals surface area contributed by atoms with E-state index in [1.165, 1.54) is 0 Å². The Labute approximate surface area is 156 Å². The molecular weight excluding hydrogens is 344 g/mol. The Morgan fingerprint density at radius 2 is 2.26 bits per heavy atom. The summed E-state index contributed by atoms with van der Waals surface area (Å²) in [5.74, 6) is 0.913. The molecule has 140 valence electrons. The Balaban J connectivity index is 1.33. The van der Waals surface area contributed by atoms with Crippen LogP contribution in [-0.2, 0) is 6.54 Å². The van der Waals surface area contributed by atoms with E-state index in [1.54, 1.807) is 12.4 Å². The first-order valence-electron chi connectivity index (χ1n) is 9.44. The standard InChI is InChI=1S/C20H22N4O3/c25-12-20-7-3-4-14(20)9-23(11-20)19(26)17-8-15(27-22-17)10-24-13-21-16-5-1-2-6-18(16)24/h1-2,5-6,8,13-14,25H,3-4,7,9-12H2/t14-,20+/m0/s1. The molecule has 1 saturated carbocycles. The smallest absolute Gasteiger partial charge is 0.276 e. The highest BCUT2D eigenvalue weighted by Crippen LogP contribution is 2.48. The number of aliphatic hydroxyl groups is 1. The van der Waals surface area contributed by atoms with Gasteiger partial charge in [0.25, 0.3) is 5.91 Å². The Kier molecular flexibility index (Phi) is 3.79. The van der Waals surface area contributed by atoms with E-state index in [9.17, 15) is 9.90 Å². The molecule has 0 bridgehead atoms. The van der Waals surface area contributed by atoms with Gasteiger partial charge < -0.3 is 19.1 Å². The Bertz CT molecular complexity index is 994. The molecule has 1 aliphatic heterocycles. The van der Waals surface area contributed by atoms with Crippen molar-refractivity contribution >= 4 is 16.9 Å². The van der Waals surface area contributed by atoms with E-state index in [0.29, 0.717) is 37.0 Å². The van der Waals surface area contributed by atoms with Crippen molar-refractivity contribution in [3.8, 4) is 0 Å². The third-order valence-corrected chi connectivity index (χ3v) is 6.27. The summed E-state index contributed by atoms with van der Waals surface area (Å²) in [7, 11) is 0. The number of aromatic nitrogens is 3. The van der Waals surface area contributed by atoms with E-state index < -0.39 is 0 Å². The van der Waals surface area contributed by atoms with Crippen LogP contribution in [0.25, 0.3) is 11.0 Å². The van der Waals surface area contributed by atoms with Gasteiger partial charge in [-0.25, -0.2) is 4.98 Å². The Morgan fingerprint density at radius 3 is 3.11 bits per heavy atom. The van der Waals surface area contributed by atoms with Crippen LogP contribution in [0.1, 0.15) is 35.5 Å². The molecule has 2 fully saturated rings. The first-order chi connectivity index (χ1) is 13.2. The van der Waals surface area contributed by atoms with Gasteiger partial charge >= 0.3 is 0 Å². The Morgan fingerprint density at radius 1 is 1.37 bits per heavy atom. The minimum absolute atomic E-state index is 0.109. The first kappa shape index (κ1) is 16.5. The van der Waals surface area contributed by atoms with Gasteiger partial charge in [0.1, 0.15) is 0 Å². The maximum Gasteiger partial charge on any atom is 0.276 e. The summed E-state index contributed by atoms with van der Waals surface area (Å²) in [5.41, 5.74) is 2.16. The molecule has 3 aromatic rings. The normalized spacial score (nSPS) is 24.6. The summed E-state index contributed by atoms with van der Waals surface area (Å²) in [6, 6.07) is 9.61. The van der Waals surface area contributed by atoms with Gasteiger partial charge in [-0.1, -0.05) is 23.7 Å². The van der Waals surface area contributed by atoms with Gasteiger partial charge in [-0.3, -0.25) is 4.79 Å². The average Bonchev–Trinajstić information content (AvgIpc) is 3.44. The third-order valence-electron chi connectivity index (χ3n) is 6.27. The predicted molar refractivity (Wildman–Crippen MR) is 98.1 cm³/mol. The van der Waals surface area contributed by atoms with Crippen molar-refractivity contribution in [3.63, 3.8) is 0 Å². The number of fused-ring (bicyclic) bond motifs is 2. The number of hydrogen-bond acceptors (Lipinski definition) is 5. The van der Waals surface area contributed by atoms with Crippen LogP contribution in [0.4, 0.5) is 0 Å². The van der Waals surface area contributed by atoms with Crippen LogP contribution < -0.4 is 0 Å². The zero-order valence-electron chi connectivity index (χ0n) is 15.0. The topological polar surface area (TPSA) is 84.4 Å². The summed E-state index contributed by atoms with van der Waals surface area (Å²) in [4.78, 5) is 19.1. The highest BCUT2D eigenvalue weighted by molar-refractivity contribution is 5.92. The fourth-order valence-corrected chi connectivity index (χ4v) is 4.78. The number of para-hydroxylation sites is 2. The lowest BCUT2D eigenvalue weighted by atomic mass is 9.82. The number of nitrogens with zero attached hydrogens (tertiary/aromatic N) is 4. The van der Waals surface area contributed by atoms with E-state index in [0.717, 1.165) is 30.3 Å². The molecule has 1 aromatic carbocycles. The second kappa shape index (κ2) is 6.20. The molecule has 1 aliphatic carbocycles. The second-order valence-corrected chi connectivity index (χ2v) is 7.83. The SMILES string of the molecule is O=C(c1cc(Cn2cnc3ccccc32)on1)N1C[C@@H]2CCC[C@]2(CO)C1. The minimum Gasteiger partial charge on any atom is -0.396 e. The number of rotatable bonds is 4. The summed E-state index contributed by atoms with van der Waals surface area (Å²) >= 11 is 0. The molecule has 7 nitrogen and oxygen atoms in total. The number of carbonyl (C=O) groups excluding carboxylic acids is 1. The lowest BCUT2D eigenvalue weighted by molar-refractivity contribution is 0.0724. The van der Waals surface area contributed by atoms with Gasteiger partial charge in [-0.2, -0.15) is 0 Å². The maximum absolute atomic E-state index is 12.9. The first-order valence-corrected chi connectivity index (χ1v) is 9.44. The number of likely N-dealkylation sites (tertiary alicyclic amines) is 1. The van der Waals surface area contributed by atoms with Gasteiger partial charge in [-0.05, 0) is 30.9 Å². The fraction of sp³-hybridized carbons (Fsp3) is 0.450. The molecule has 5 rings (SSSR count). The number of carbonyl (C=O) groups is 1. The van der Waals surface area contributed by atoms with E-state index in [1.807, 2.05) is 33.7 Å². The average molecular weight is 366 g/mol. The van der Waals surface area contributed by atoms with Crippen molar-refractivity contribution in [1.29, 1.82) is 0 Å². The number of hydrogen-bond donors (Lipinski definition) is 1. The molecule has 2 aromatic heterocycles. The maximum atomic E-state index is 12.9. The monoisotopic (exact) mass is 366 g/mol. The zero-order chi connectivity index (χ0) is 18.4. The summed E-state index contributed by atoms with van der Waals surface area (Å²) in [6.45, 7) is 1.94. The molecule has 2 aliphatic rings. The molecule has 0 unspecified atom stereocenters. The zero-order valence-corrected chi connectivity index (χ0v) is 15.0. The van der Waals surface area contributed by atoms with Gasteiger partial charge in [0.15, 0.2) is 11.5 Å². The largest absolute Gasteiger partial charge is 0.396 e. The van der Waals surface area contributed by atoms with Crippen LogP contribution in [0.15, 0.2) is 41.2 Å². The van der Waals surface area contributed by atoms with E-state index in [2.05, 4.69) is 10.1 Å². The highest BCUT2D eigenvalue weighted by atomic mass is 16.5. The molecular formula is C20H22N4O3. The summed E-state index contributed by atoms with van der Waals surface area (Å²) in [6.07, 6.45) is 4.99. The van der Waals surface area contributed by atoms with Gasteiger partial charge in [0.2, 0.25) is 0 Å². The molecule has 7 heteroatoms. The van der Waals surface area contributed by atoms with Crippen LogP contribution >= 0.6 is 0 Å². The third kappa shape index (κ3) is 2.65. The van der Waals surface area contributed by atoms with Crippen LogP contribution in [0.3, 0.4) is 0 Å². The molecule has 0 spiro atoms. The molecule has 1 saturated heterocycles. The molecule has 3 heterocycles. The number of imidazole rings is 1. The lowest BCUT2D eigenvalue weighted by Gasteiger charge is -2.25. The second-order valence-electron chi connectivity index (χ2n) is 7.83. The van der Waals surface area contributed by atoms with Gasteiger partial charge in [-0.15, -0.1) is 0 Å². The molecule has 27 heavy (non-hydrogen) atoms. The van der Waals surface area contributed by atoms with Crippen molar-refractivity contribution in [3.05, 3.63) is 48.1 Å². The van der Waals surface area contributed by atoms with Crippen molar-refractivity contribution in [2.45, 2.75) is 25.8 Å². The number of benzene rings is 1. The van der Waals surface area contributed by atoms with E-state index >= 15 is 0 Å². The van der Waals surface area contributed by atoms with Gasteiger partial charge in [0, 0.05) is 24.6 Å². The van der Waals surface area contributed by atoms with Crippen LogP contribution in [0.2, 0.25) is 0 Å². The predicted octanol–water partition coefficient (Wildman–Crippen LogP) is 2.31. The van der Waals surface area contributed by atoms with Crippen molar-refractivity contribution in [2.24, 2.45) is 11.3 Å². The van der Waals surface area contributed by atoms with Crippen molar-refractivity contribution < 1.29 is 14.4 Å². The van der Waals surface area contributed by atoms with Crippen LogP contribution in [-0.4, -0.2) is 50.3 Å². The van der Waals surface area contributed by atoms with Crippen molar-refractivity contribution in [1.82, 2.24) is 19.6 Å². The molecule has 1 N–H and O–H groups in total. The quantitative estimate of drug-likeness (QED) is 0.766. The molecule has 0 radical (unpaired) electrons. The fourth-order valence-electron chi connectivity index (χ4n) is 4.78. The van der Waals surface area contributed by atoms with Crippen molar-refractivity contribution in [2.75, 3.05) is 19.7 Å². The molecule has 2 atom stereocenters. The van der Waals surface area contributed by atoms with Gasteiger partial charge in [0.05, 0.1) is 30.5 Å². The number of aliphatic hydroxyl groups excluding tert-OH is 1. The van der Waals surface area contributed by atoms with Crippen LogP contribution in [0, 0.1) is 11.3 Å². The lowest BCUT2D eigenvalue weighted by Crippen LogP contribution is -2.34. The highest BCUT2D eigenvalue weighted by Gasteiger charge is 2.50. The van der Waals surface area contributed by atoms with E-state index in [4.69, 9.17) is 4.52 Å². The summed E-state index contributed by atoms with van der Waals surface area (Å²) in [5, 5.41) is 13.9. The number of amides is 1. The van der Waals surface area contributed by atoms with E-state index in [-0.39, 0.29) is 17.9 Å².